The second-order valence-electron chi connectivity index (χ2n) is 6.06. The van der Waals surface area contributed by atoms with E-state index >= 15 is 0 Å². The van der Waals surface area contributed by atoms with Crippen molar-refractivity contribution in [2.24, 2.45) is 0 Å². The van der Waals surface area contributed by atoms with Crippen LogP contribution in [0.4, 0.5) is 18.9 Å². The molecule has 1 atom stereocenters. The summed E-state index contributed by atoms with van der Waals surface area (Å²) in [7, 11) is 0. The Labute approximate surface area is 147 Å². The van der Waals surface area contributed by atoms with Gasteiger partial charge in [0.1, 0.15) is 12.7 Å². The zero-order chi connectivity index (χ0) is 18.3. The lowest BCUT2D eigenvalue weighted by molar-refractivity contribution is -0.144. The van der Waals surface area contributed by atoms with Crippen LogP contribution < -0.4 is 5.32 Å². The van der Waals surface area contributed by atoms with Crippen LogP contribution in [-0.2, 0) is 0 Å². The normalized spacial score (nSPS) is 17.1. The molecule has 0 saturated heterocycles. The largest absolute Gasteiger partial charge is 0.406 e. The van der Waals surface area contributed by atoms with Crippen molar-refractivity contribution < 1.29 is 18.0 Å². The Bertz CT molecular complexity index is 982. The van der Waals surface area contributed by atoms with Gasteiger partial charge in [0.15, 0.2) is 0 Å². The third-order valence-electron chi connectivity index (χ3n) is 4.33. The number of anilines is 1. The molecule has 26 heavy (non-hydrogen) atoms. The molecule has 4 nitrogen and oxygen atoms in total. The van der Waals surface area contributed by atoms with Crippen molar-refractivity contribution in [3.63, 3.8) is 0 Å². The lowest BCUT2D eigenvalue weighted by Gasteiger charge is -2.38. The maximum absolute atomic E-state index is 13.2. The fourth-order valence-corrected chi connectivity index (χ4v) is 3.24. The summed E-state index contributed by atoms with van der Waals surface area (Å²) < 4.78 is 39.5. The topological polar surface area (TPSA) is 45.2 Å². The van der Waals surface area contributed by atoms with Crippen molar-refractivity contribution in [3.05, 3.63) is 71.9 Å². The first-order chi connectivity index (χ1) is 12.4. The number of carbonyl (C=O) groups is 1. The number of alkyl halides is 3. The lowest BCUT2D eigenvalue weighted by Crippen LogP contribution is -2.47. The summed E-state index contributed by atoms with van der Waals surface area (Å²) in [5.41, 5.74) is 1.82. The van der Waals surface area contributed by atoms with E-state index in [1.807, 2.05) is 12.1 Å². The van der Waals surface area contributed by atoms with Gasteiger partial charge in [-0.05, 0) is 18.2 Å². The molecule has 0 saturated carbocycles. The number of halogens is 3. The van der Waals surface area contributed by atoms with E-state index in [1.54, 1.807) is 42.6 Å². The number of rotatable bonds is 2. The molecular formula is C19H14F3N3O. The second-order valence-corrected chi connectivity index (χ2v) is 6.06. The molecule has 0 radical (unpaired) electrons. The smallest absolute Gasteiger partial charge is 0.361 e. The predicted octanol–water partition coefficient (Wildman–Crippen LogP) is 4.36. The van der Waals surface area contributed by atoms with Crippen LogP contribution in [0.1, 0.15) is 22.1 Å². The number of aromatic nitrogens is 1. The highest BCUT2D eigenvalue weighted by atomic mass is 19.4. The molecule has 1 aliphatic heterocycles. The number of nitrogens with one attached hydrogen (secondary N) is 1. The summed E-state index contributed by atoms with van der Waals surface area (Å²) in [5.74, 6) is -0.658. The van der Waals surface area contributed by atoms with Crippen molar-refractivity contribution in [1.29, 1.82) is 0 Å². The quantitative estimate of drug-likeness (QED) is 0.741. The van der Waals surface area contributed by atoms with E-state index in [1.165, 1.54) is 6.07 Å². The fraction of sp³-hybridized carbons (Fsp3) is 0.158. The minimum Gasteiger partial charge on any atom is -0.361 e. The Morgan fingerprint density at radius 1 is 1.04 bits per heavy atom. The van der Waals surface area contributed by atoms with Crippen molar-refractivity contribution in [2.45, 2.75) is 12.3 Å². The summed E-state index contributed by atoms with van der Waals surface area (Å²) in [6.07, 6.45) is -3.89. The molecule has 7 heteroatoms. The highest BCUT2D eigenvalue weighted by Gasteiger charge is 2.41. The number of hydrogen-bond acceptors (Lipinski definition) is 3. The van der Waals surface area contributed by atoms with Crippen molar-refractivity contribution in [1.82, 2.24) is 9.88 Å². The molecule has 0 bridgehead atoms. The average molecular weight is 357 g/mol. The van der Waals surface area contributed by atoms with Crippen LogP contribution in [0.2, 0.25) is 0 Å². The molecule has 0 fully saturated rings. The average Bonchev–Trinajstić information content (AvgIpc) is 2.62. The van der Waals surface area contributed by atoms with E-state index in [-0.39, 0.29) is 5.56 Å². The molecule has 0 unspecified atom stereocenters. The Morgan fingerprint density at radius 2 is 1.81 bits per heavy atom. The Balaban J connectivity index is 1.88. The summed E-state index contributed by atoms with van der Waals surface area (Å²) in [6, 6.07) is 15.4. The SMILES string of the molecule is O=C1c2ccccc2N[C@H](c2cccc3cccnc23)N1CC(F)(F)F. The molecule has 1 amide bonds. The van der Waals surface area contributed by atoms with Gasteiger partial charge in [0.2, 0.25) is 0 Å². The van der Waals surface area contributed by atoms with Crippen LogP contribution in [-0.4, -0.2) is 28.5 Å². The van der Waals surface area contributed by atoms with Gasteiger partial charge in [-0.3, -0.25) is 9.78 Å². The van der Waals surface area contributed by atoms with E-state index in [2.05, 4.69) is 10.3 Å². The molecule has 1 aromatic heterocycles. The van der Waals surface area contributed by atoms with Crippen LogP contribution in [0, 0.1) is 0 Å². The first-order valence-corrected chi connectivity index (χ1v) is 8.01. The van der Waals surface area contributed by atoms with Crippen LogP contribution in [0.3, 0.4) is 0 Å². The first-order valence-electron chi connectivity index (χ1n) is 8.01. The molecule has 2 heterocycles. The number of carbonyl (C=O) groups excluding carboxylic acids is 1. The monoisotopic (exact) mass is 357 g/mol. The molecule has 1 aliphatic rings. The van der Waals surface area contributed by atoms with Gasteiger partial charge in [-0.15, -0.1) is 0 Å². The zero-order valence-electron chi connectivity index (χ0n) is 13.5. The molecule has 0 aliphatic carbocycles. The molecule has 3 aromatic rings. The van der Waals surface area contributed by atoms with Gasteiger partial charge in [-0.25, -0.2) is 0 Å². The van der Waals surface area contributed by atoms with Gasteiger partial charge < -0.3 is 10.2 Å². The van der Waals surface area contributed by atoms with Crippen molar-refractivity contribution in [2.75, 3.05) is 11.9 Å². The third kappa shape index (κ3) is 2.85. The van der Waals surface area contributed by atoms with Gasteiger partial charge in [-0.2, -0.15) is 13.2 Å². The van der Waals surface area contributed by atoms with Gasteiger partial charge in [0.05, 0.1) is 11.1 Å². The molecule has 132 valence electrons. The third-order valence-corrected chi connectivity index (χ3v) is 4.33. The summed E-state index contributed by atoms with van der Waals surface area (Å²) in [6.45, 7) is -1.35. The predicted molar refractivity (Wildman–Crippen MR) is 91.6 cm³/mol. The molecule has 4 rings (SSSR count). The molecule has 0 spiro atoms. The minimum absolute atomic E-state index is 0.223. The minimum atomic E-state index is -4.51. The Hall–Kier alpha value is -3.09. The second kappa shape index (κ2) is 6.01. The van der Waals surface area contributed by atoms with Crippen LogP contribution >= 0.6 is 0 Å². The number of fused-ring (bicyclic) bond motifs is 2. The number of pyridine rings is 1. The van der Waals surface area contributed by atoms with E-state index < -0.39 is 24.8 Å². The van der Waals surface area contributed by atoms with E-state index in [0.29, 0.717) is 16.8 Å². The highest BCUT2D eigenvalue weighted by Crippen LogP contribution is 2.37. The number of para-hydroxylation sites is 2. The fourth-order valence-electron chi connectivity index (χ4n) is 3.24. The number of hydrogen-bond donors (Lipinski definition) is 1. The first kappa shape index (κ1) is 16.4. The summed E-state index contributed by atoms with van der Waals surface area (Å²) in [4.78, 5) is 17.9. The van der Waals surface area contributed by atoms with Gasteiger partial charge >= 0.3 is 6.18 Å². The van der Waals surface area contributed by atoms with E-state index in [4.69, 9.17) is 0 Å². The Morgan fingerprint density at radius 3 is 2.62 bits per heavy atom. The van der Waals surface area contributed by atoms with E-state index in [0.717, 1.165) is 10.3 Å². The lowest BCUT2D eigenvalue weighted by atomic mass is 10.0. The zero-order valence-corrected chi connectivity index (χ0v) is 13.5. The van der Waals surface area contributed by atoms with Gasteiger partial charge in [-0.1, -0.05) is 36.4 Å². The standard InChI is InChI=1S/C19H14F3N3O/c20-19(21,22)11-25-17(24-15-9-2-1-7-13(15)18(25)26)14-8-3-5-12-6-4-10-23-16(12)14/h1-10,17,24H,11H2/t17-/m0/s1. The number of nitrogens with zero attached hydrogens (tertiary/aromatic N) is 2. The van der Waals surface area contributed by atoms with Crippen LogP contribution in [0.15, 0.2) is 60.8 Å². The maximum atomic E-state index is 13.2. The Kier molecular flexibility index (Phi) is 3.79. The van der Waals surface area contributed by atoms with Crippen LogP contribution in [0.25, 0.3) is 10.9 Å². The number of amides is 1. The van der Waals surface area contributed by atoms with Crippen molar-refractivity contribution in [3.8, 4) is 0 Å². The van der Waals surface area contributed by atoms with Gasteiger partial charge in [0.25, 0.3) is 5.91 Å². The molecular weight excluding hydrogens is 343 g/mol. The maximum Gasteiger partial charge on any atom is 0.406 e. The highest BCUT2D eigenvalue weighted by molar-refractivity contribution is 6.02. The molecule has 2 aromatic carbocycles. The van der Waals surface area contributed by atoms with Crippen LogP contribution in [0.5, 0.6) is 0 Å². The number of benzene rings is 2. The summed E-state index contributed by atoms with van der Waals surface area (Å²) >= 11 is 0. The molecule has 1 N–H and O–H groups in total. The van der Waals surface area contributed by atoms with Crippen molar-refractivity contribution >= 4 is 22.5 Å². The van der Waals surface area contributed by atoms with E-state index in [9.17, 15) is 18.0 Å². The summed E-state index contributed by atoms with van der Waals surface area (Å²) in [5, 5.41) is 3.87. The van der Waals surface area contributed by atoms with Gasteiger partial charge in [0, 0.05) is 22.8 Å².